The second kappa shape index (κ2) is 11.3. The Labute approximate surface area is 174 Å². The lowest BCUT2D eigenvalue weighted by atomic mass is 9.93. The van der Waals surface area contributed by atoms with Crippen LogP contribution in [0.5, 0.6) is 11.5 Å². The summed E-state index contributed by atoms with van der Waals surface area (Å²) in [5.41, 5.74) is 2.14. The number of guanidine groups is 1. The van der Waals surface area contributed by atoms with Crippen LogP contribution in [0.2, 0.25) is 0 Å². The Morgan fingerprint density at radius 3 is 2.59 bits per heavy atom. The molecule has 1 saturated heterocycles. The molecule has 0 spiro atoms. The van der Waals surface area contributed by atoms with Gasteiger partial charge in [0.15, 0.2) is 17.5 Å². The number of hydrogen-bond donors (Lipinski definition) is 2. The number of carbonyl (C=O) groups excluding carboxylic acids is 1. The van der Waals surface area contributed by atoms with Crippen LogP contribution in [0.15, 0.2) is 29.8 Å². The van der Waals surface area contributed by atoms with E-state index >= 15 is 0 Å². The third kappa shape index (κ3) is 6.14. The number of allylic oxidation sites excluding steroid dienone is 1. The maximum absolute atomic E-state index is 11.6. The van der Waals surface area contributed by atoms with Gasteiger partial charge in [-0.3, -0.25) is 9.79 Å². The number of ether oxygens (including phenoxy) is 2. The molecular weight excluding hydrogens is 368 g/mol. The lowest BCUT2D eigenvalue weighted by Gasteiger charge is -2.34. The smallest absolute Gasteiger partial charge is 0.220 e. The van der Waals surface area contributed by atoms with E-state index in [1.54, 1.807) is 28.3 Å². The summed E-state index contributed by atoms with van der Waals surface area (Å²) in [6, 6.07) is 4.10. The summed E-state index contributed by atoms with van der Waals surface area (Å²) in [5, 5.41) is 6.17. The molecular formula is C22H34N4O3. The number of piperidine rings is 1. The highest BCUT2D eigenvalue weighted by atomic mass is 16.5. The summed E-state index contributed by atoms with van der Waals surface area (Å²) in [4.78, 5) is 18.3. The first kappa shape index (κ1) is 22.6. The van der Waals surface area contributed by atoms with Crippen molar-refractivity contribution in [3.05, 3.63) is 35.9 Å². The third-order valence-corrected chi connectivity index (χ3v) is 5.31. The minimum absolute atomic E-state index is 0.120. The molecule has 29 heavy (non-hydrogen) atoms. The van der Waals surface area contributed by atoms with E-state index in [0.717, 1.165) is 48.8 Å². The van der Waals surface area contributed by atoms with Gasteiger partial charge in [0.05, 0.1) is 14.2 Å². The highest BCUT2D eigenvalue weighted by Gasteiger charge is 2.23. The molecule has 0 unspecified atom stereocenters. The molecule has 1 aromatic rings. The minimum Gasteiger partial charge on any atom is -0.493 e. The van der Waals surface area contributed by atoms with E-state index in [-0.39, 0.29) is 5.91 Å². The molecule has 7 nitrogen and oxygen atoms in total. The van der Waals surface area contributed by atoms with Gasteiger partial charge in [0.25, 0.3) is 0 Å². The van der Waals surface area contributed by atoms with Gasteiger partial charge in [-0.1, -0.05) is 6.08 Å². The Hall–Kier alpha value is -2.70. The van der Waals surface area contributed by atoms with Gasteiger partial charge in [0.1, 0.15) is 0 Å². The van der Waals surface area contributed by atoms with E-state index in [1.165, 1.54) is 0 Å². The number of nitrogens with one attached hydrogen (secondary N) is 2. The first-order valence-corrected chi connectivity index (χ1v) is 10.1. The van der Waals surface area contributed by atoms with E-state index in [9.17, 15) is 4.79 Å². The van der Waals surface area contributed by atoms with Crippen molar-refractivity contribution in [3.63, 3.8) is 0 Å². The topological polar surface area (TPSA) is 75.2 Å². The number of methoxy groups -OCH3 is 2. The first-order chi connectivity index (χ1) is 14.1. The average molecular weight is 403 g/mol. The number of hydrogen-bond acceptors (Lipinski definition) is 4. The number of carbonyl (C=O) groups is 1. The van der Waals surface area contributed by atoms with Gasteiger partial charge in [-0.15, -0.1) is 6.58 Å². The lowest BCUT2D eigenvalue weighted by Crippen LogP contribution is -2.45. The van der Waals surface area contributed by atoms with E-state index in [1.807, 2.05) is 12.1 Å². The summed E-state index contributed by atoms with van der Waals surface area (Å²) < 4.78 is 11.0. The molecule has 160 valence electrons. The fraction of sp³-hybridized carbons (Fsp3) is 0.545. The van der Waals surface area contributed by atoms with Crippen molar-refractivity contribution < 1.29 is 14.3 Å². The molecule has 0 atom stereocenters. The molecule has 1 aliphatic heterocycles. The predicted octanol–water partition coefficient (Wildman–Crippen LogP) is 2.36. The average Bonchev–Trinajstić information content (AvgIpc) is 2.74. The second-order valence-electron chi connectivity index (χ2n) is 7.19. The van der Waals surface area contributed by atoms with Gasteiger partial charge in [0.2, 0.25) is 5.91 Å². The van der Waals surface area contributed by atoms with Crippen LogP contribution in [-0.2, 0) is 17.8 Å². The highest BCUT2D eigenvalue weighted by molar-refractivity contribution is 5.80. The van der Waals surface area contributed by atoms with E-state index in [0.29, 0.717) is 31.1 Å². The monoisotopic (exact) mass is 402 g/mol. The molecule has 0 saturated carbocycles. The predicted molar refractivity (Wildman–Crippen MR) is 117 cm³/mol. The van der Waals surface area contributed by atoms with Crippen LogP contribution in [0.4, 0.5) is 0 Å². The molecule has 1 aromatic carbocycles. The number of rotatable bonds is 8. The molecule has 1 amide bonds. The van der Waals surface area contributed by atoms with Crippen LogP contribution >= 0.6 is 0 Å². The van der Waals surface area contributed by atoms with Gasteiger partial charge in [0, 0.05) is 45.7 Å². The van der Waals surface area contributed by atoms with Crippen molar-refractivity contribution in [1.82, 2.24) is 15.5 Å². The summed E-state index contributed by atoms with van der Waals surface area (Å²) >= 11 is 0. The van der Waals surface area contributed by atoms with Gasteiger partial charge in [-0.25, -0.2) is 0 Å². The zero-order chi connectivity index (χ0) is 21.2. The molecule has 1 fully saturated rings. The molecule has 1 aliphatic rings. The Bertz CT molecular complexity index is 725. The van der Waals surface area contributed by atoms with Gasteiger partial charge in [-0.05, 0) is 42.9 Å². The molecule has 0 aromatic heterocycles. The Balaban J connectivity index is 2.00. The van der Waals surface area contributed by atoms with Crippen molar-refractivity contribution in [1.29, 1.82) is 0 Å². The van der Waals surface area contributed by atoms with E-state index in [2.05, 4.69) is 33.2 Å². The number of benzene rings is 1. The Kier molecular flexibility index (Phi) is 8.83. The fourth-order valence-electron chi connectivity index (χ4n) is 3.74. The number of amides is 1. The normalized spacial score (nSPS) is 15.0. The summed E-state index contributed by atoms with van der Waals surface area (Å²) in [6.45, 7) is 6.26. The van der Waals surface area contributed by atoms with E-state index in [4.69, 9.17) is 9.47 Å². The largest absolute Gasteiger partial charge is 0.493 e. The zero-order valence-corrected chi connectivity index (χ0v) is 18.1. The van der Waals surface area contributed by atoms with Gasteiger partial charge in [-0.2, -0.15) is 0 Å². The fourth-order valence-corrected chi connectivity index (χ4v) is 3.74. The summed E-state index contributed by atoms with van der Waals surface area (Å²) in [6.07, 6.45) is 5.16. The number of aliphatic imine (C=N–C) groups is 1. The van der Waals surface area contributed by atoms with Crippen molar-refractivity contribution in [2.24, 2.45) is 10.9 Å². The van der Waals surface area contributed by atoms with Crippen LogP contribution in [0, 0.1) is 5.92 Å². The third-order valence-electron chi connectivity index (χ3n) is 5.31. The van der Waals surface area contributed by atoms with E-state index < -0.39 is 0 Å². The molecule has 2 N–H and O–H groups in total. The summed E-state index contributed by atoms with van der Waals surface area (Å²) in [7, 11) is 6.79. The number of nitrogens with zero attached hydrogens (tertiary/aromatic N) is 2. The molecule has 2 rings (SSSR count). The highest BCUT2D eigenvalue weighted by Crippen LogP contribution is 2.33. The van der Waals surface area contributed by atoms with Gasteiger partial charge < -0.3 is 25.0 Å². The van der Waals surface area contributed by atoms with Crippen LogP contribution in [0.25, 0.3) is 0 Å². The van der Waals surface area contributed by atoms with Crippen molar-refractivity contribution in [2.45, 2.75) is 32.2 Å². The van der Waals surface area contributed by atoms with Crippen LogP contribution in [0.3, 0.4) is 0 Å². The maximum Gasteiger partial charge on any atom is 0.220 e. The van der Waals surface area contributed by atoms with Crippen LogP contribution in [-0.4, -0.2) is 58.2 Å². The first-order valence-electron chi connectivity index (χ1n) is 10.1. The van der Waals surface area contributed by atoms with Crippen LogP contribution < -0.4 is 20.1 Å². The van der Waals surface area contributed by atoms with Gasteiger partial charge >= 0.3 is 0 Å². The van der Waals surface area contributed by atoms with Crippen molar-refractivity contribution in [3.8, 4) is 11.5 Å². The quantitative estimate of drug-likeness (QED) is 0.397. The Morgan fingerprint density at radius 2 is 2.03 bits per heavy atom. The second-order valence-corrected chi connectivity index (χ2v) is 7.19. The molecule has 0 radical (unpaired) electrons. The van der Waals surface area contributed by atoms with Crippen molar-refractivity contribution in [2.75, 3.05) is 41.4 Å². The number of likely N-dealkylation sites (tertiary alicyclic amines) is 1. The molecule has 1 heterocycles. The maximum atomic E-state index is 11.6. The standard InChI is InChI=1S/C22H34N4O3/c1-6-7-18-12-17(13-19(28-4)21(18)29-5)15-25-22(24-3)26-10-8-16(9-11-26)14-20(27)23-2/h6,12-13,16H,1,7-11,14-15H2,2-5H3,(H,23,27)(H,24,25). The molecule has 0 aliphatic carbocycles. The molecule has 0 bridgehead atoms. The van der Waals surface area contributed by atoms with Crippen LogP contribution in [0.1, 0.15) is 30.4 Å². The minimum atomic E-state index is 0.120. The summed E-state index contributed by atoms with van der Waals surface area (Å²) in [5.74, 6) is 2.90. The molecule has 7 heteroatoms. The van der Waals surface area contributed by atoms with Crippen molar-refractivity contribution >= 4 is 11.9 Å². The SMILES string of the molecule is C=CCc1cc(CNC(=NC)N2CCC(CC(=O)NC)CC2)cc(OC)c1OC. The lowest BCUT2D eigenvalue weighted by molar-refractivity contribution is -0.121. The zero-order valence-electron chi connectivity index (χ0n) is 18.1. The Morgan fingerprint density at radius 1 is 1.31 bits per heavy atom.